The average molecular weight is 212 g/mol. The molecule has 0 aliphatic heterocycles. The third kappa shape index (κ3) is 2.42. The average Bonchev–Trinajstić information content (AvgIpc) is 2.11. The van der Waals surface area contributed by atoms with Crippen LogP contribution in [0.4, 0.5) is 0 Å². The molecule has 0 atom stereocenters. The van der Waals surface area contributed by atoms with E-state index in [0.717, 1.165) is 5.56 Å². The summed E-state index contributed by atoms with van der Waals surface area (Å²) in [6.45, 7) is 1.87. The molecule has 1 N–H and O–H groups in total. The van der Waals surface area contributed by atoms with Gasteiger partial charge in [0.25, 0.3) is 0 Å². The van der Waals surface area contributed by atoms with Gasteiger partial charge in [0.1, 0.15) is 5.75 Å². The van der Waals surface area contributed by atoms with Gasteiger partial charge in [-0.3, -0.25) is 4.79 Å². The fourth-order valence-electron chi connectivity index (χ4n) is 1.23. The van der Waals surface area contributed by atoms with Crippen LogP contribution in [0.3, 0.4) is 0 Å². The molecule has 4 heteroatoms. The van der Waals surface area contributed by atoms with Crippen LogP contribution in [0.1, 0.15) is 11.1 Å². The van der Waals surface area contributed by atoms with Gasteiger partial charge >= 0.3 is 5.97 Å². The van der Waals surface area contributed by atoms with E-state index in [1.807, 2.05) is 13.0 Å². The van der Waals surface area contributed by atoms with Crippen molar-refractivity contribution in [2.24, 2.45) is 0 Å². The van der Waals surface area contributed by atoms with E-state index >= 15 is 0 Å². The maximum absolute atomic E-state index is 10.6. The lowest BCUT2D eigenvalue weighted by Gasteiger charge is -2.08. The molecule has 1 rings (SSSR count). The molecule has 0 heterocycles. The number of aliphatic carboxylic acids is 1. The molecule has 0 amide bonds. The van der Waals surface area contributed by atoms with Crippen molar-refractivity contribution in [3.8, 4) is 5.75 Å². The Morgan fingerprint density at radius 2 is 2.21 bits per heavy atom. The Kier molecular flexibility index (Phi) is 3.41. The molecule has 3 nitrogen and oxygen atoms in total. The zero-order valence-corrected chi connectivity index (χ0v) is 8.97. The van der Waals surface area contributed by atoms with Crippen LogP contribution in [0.25, 0.3) is 0 Å². The minimum atomic E-state index is -0.868. The van der Waals surface area contributed by atoms with Crippen molar-refractivity contribution in [1.82, 2.24) is 0 Å². The van der Waals surface area contributed by atoms with Crippen LogP contribution in [0.2, 0.25) is 0 Å². The van der Waals surface area contributed by atoms with E-state index in [2.05, 4.69) is 12.6 Å². The molecule has 0 aliphatic carbocycles. The normalized spacial score (nSPS) is 9.93. The Bertz CT molecular complexity index is 361. The number of carbonyl (C=O) groups is 1. The van der Waals surface area contributed by atoms with Crippen molar-refractivity contribution < 1.29 is 14.6 Å². The molecular weight excluding hydrogens is 200 g/mol. The first kappa shape index (κ1) is 10.9. The second-order valence-corrected chi connectivity index (χ2v) is 3.47. The second kappa shape index (κ2) is 4.37. The lowest BCUT2D eigenvalue weighted by molar-refractivity contribution is -0.136. The summed E-state index contributed by atoms with van der Waals surface area (Å²) in [6.07, 6.45) is -0.0309. The molecule has 0 radical (unpaired) electrons. The van der Waals surface area contributed by atoms with Gasteiger partial charge in [0.15, 0.2) is 0 Å². The smallest absolute Gasteiger partial charge is 0.307 e. The molecule has 1 aromatic rings. The first-order valence-corrected chi connectivity index (χ1v) is 4.57. The summed E-state index contributed by atoms with van der Waals surface area (Å²) in [5.41, 5.74) is 1.60. The second-order valence-electron chi connectivity index (χ2n) is 3.02. The van der Waals surface area contributed by atoms with E-state index in [4.69, 9.17) is 9.84 Å². The summed E-state index contributed by atoms with van der Waals surface area (Å²) in [5.74, 6) is -0.204. The van der Waals surface area contributed by atoms with Gasteiger partial charge in [-0.1, -0.05) is 0 Å². The van der Waals surface area contributed by atoms with Gasteiger partial charge in [-0.25, -0.2) is 0 Å². The van der Waals surface area contributed by atoms with Crippen molar-refractivity contribution >= 4 is 18.6 Å². The fraction of sp³-hybridized carbons (Fsp3) is 0.300. The number of hydrogen-bond acceptors (Lipinski definition) is 3. The molecule has 76 valence electrons. The summed E-state index contributed by atoms with van der Waals surface area (Å²) < 4.78 is 5.05. The molecule has 0 saturated carbocycles. The summed E-state index contributed by atoms with van der Waals surface area (Å²) in [4.78, 5) is 11.3. The predicted octanol–water partition coefficient (Wildman–Crippen LogP) is 1.92. The zero-order chi connectivity index (χ0) is 10.7. The van der Waals surface area contributed by atoms with Crippen molar-refractivity contribution in [2.75, 3.05) is 7.11 Å². The topological polar surface area (TPSA) is 46.5 Å². The lowest BCUT2D eigenvalue weighted by atomic mass is 10.1. The van der Waals surface area contributed by atoms with Crippen LogP contribution in [-0.4, -0.2) is 18.2 Å². The third-order valence-electron chi connectivity index (χ3n) is 1.93. The molecule has 0 aliphatic rings. The van der Waals surface area contributed by atoms with E-state index in [9.17, 15) is 4.79 Å². The number of ether oxygens (including phenoxy) is 1. The molecule has 0 fully saturated rings. The number of aryl methyl sites for hydroxylation is 1. The highest BCUT2D eigenvalue weighted by molar-refractivity contribution is 7.80. The molecule has 0 bridgehead atoms. The summed E-state index contributed by atoms with van der Waals surface area (Å²) >= 11 is 4.25. The maximum Gasteiger partial charge on any atom is 0.307 e. The van der Waals surface area contributed by atoms with Crippen molar-refractivity contribution in [2.45, 2.75) is 18.2 Å². The van der Waals surface area contributed by atoms with E-state index in [0.29, 0.717) is 16.2 Å². The van der Waals surface area contributed by atoms with Crippen LogP contribution in [0.5, 0.6) is 5.75 Å². The monoisotopic (exact) mass is 212 g/mol. The van der Waals surface area contributed by atoms with Crippen molar-refractivity contribution in [1.29, 1.82) is 0 Å². The van der Waals surface area contributed by atoms with Gasteiger partial charge < -0.3 is 9.84 Å². The Morgan fingerprint density at radius 3 is 2.71 bits per heavy atom. The number of methoxy groups -OCH3 is 1. The molecule has 1 aromatic carbocycles. The lowest BCUT2D eigenvalue weighted by Crippen LogP contribution is -2.02. The fourth-order valence-corrected chi connectivity index (χ4v) is 1.44. The van der Waals surface area contributed by atoms with E-state index in [1.54, 1.807) is 13.2 Å². The van der Waals surface area contributed by atoms with Gasteiger partial charge in [0.2, 0.25) is 0 Å². The summed E-state index contributed by atoms with van der Waals surface area (Å²) in [7, 11) is 1.55. The van der Waals surface area contributed by atoms with Gasteiger partial charge in [0.05, 0.1) is 13.5 Å². The first-order valence-electron chi connectivity index (χ1n) is 4.13. The highest BCUT2D eigenvalue weighted by atomic mass is 32.1. The number of benzene rings is 1. The minimum absolute atomic E-state index is 0.0309. The zero-order valence-electron chi connectivity index (χ0n) is 8.07. The van der Waals surface area contributed by atoms with Gasteiger partial charge in [-0.2, -0.15) is 0 Å². The Morgan fingerprint density at radius 1 is 1.57 bits per heavy atom. The molecule has 0 aromatic heterocycles. The number of rotatable bonds is 3. The van der Waals surface area contributed by atoms with Crippen molar-refractivity contribution in [3.05, 3.63) is 23.3 Å². The Hall–Kier alpha value is -1.16. The molecule has 0 saturated heterocycles. The van der Waals surface area contributed by atoms with E-state index < -0.39 is 5.97 Å². The summed E-state index contributed by atoms with van der Waals surface area (Å²) in [5, 5.41) is 8.67. The van der Waals surface area contributed by atoms with Gasteiger partial charge in [0, 0.05) is 4.90 Å². The van der Waals surface area contributed by atoms with Crippen LogP contribution < -0.4 is 4.74 Å². The molecular formula is C10H12O3S. The number of thiol groups is 1. The number of carboxylic acid groups (broad SMARTS) is 1. The minimum Gasteiger partial charge on any atom is -0.497 e. The maximum atomic E-state index is 10.6. The third-order valence-corrected chi connectivity index (χ3v) is 2.57. The number of hydrogen-bond donors (Lipinski definition) is 2. The van der Waals surface area contributed by atoms with Gasteiger partial charge in [-0.05, 0) is 30.2 Å². The predicted molar refractivity (Wildman–Crippen MR) is 56.3 cm³/mol. The number of carboxylic acids is 1. The Balaban J connectivity index is 3.13. The standard InChI is InChI=1S/C10H12O3S/c1-6-3-8(13-2)4-7(10(6)14)5-9(11)12/h3-4,14H,5H2,1-2H3,(H,11,12). The van der Waals surface area contributed by atoms with Gasteiger partial charge in [-0.15, -0.1) is 12.6 Å². The summed E-state index contributed by atoms with van der Waals surface area (Å²) in [6, 6.07) is 3.52. The Labute approximate surface area is 88.1 Å². The molecule has 0 spiro atoms. The highest BCUT2D eigenvalue weighted by Gasteiger charge is 2.08. The van der Waals surface area contributed by atoms with E-state index in [-0.39, 0.29) is 6.42 Å². The quantitative estimate of drug-likeness (QED) is 0.752. The first-order chi connectivity index (χ1) is 6.54. The molecule has 0 unspecified atom stereocenters. The van der Waals surface area contributed by atoms with Crippen molar-refractivity contribution in [3.63, 3.8) is 0 Å². The highest BCUT2D eigenvalue weighted by Crippen LogP contribution is 2.25. The van der Waals surface area contributed by atoms with Crippen LogP contribution >= 0.6 is 12.6 Å². The van der Waals surface area contributed by atoms with Crippen LogP contribution in [-0.2, 0) is 11.2 Å². The van der Waals surface area contributed by atoms with Crippen LogP contribution in [0.15, 0.2) is 17.0 Å². The van der Waals surface area contributed by atoms with Crippen LogP contribution in [0, 0.1) is 6.92 Å². The largest absolute Gasteiger partial charge is 0.497 e. The van der Waals surface area contributed by atoms with E-state index in [1.165, 1.54) is 0 Å². The SMILES string of the molecule is COc1cc(C)c(S)c(CC(=O)O)c1. The molecule has 14 heavy (non-hydrogen) atoms.